The van der Waals surface area contributed by atoms with Gasteiger partial charge in [0.15, 0.2) is 0 Å². The SMILES string of the molecule is C[C@H]1CCc2ccccc2N1S(=O)(=O)c1cccc(C(=O)[O-])c1. The molecule has 1 aliphatic heterocycles. The summed E-state index contributed by atoms with van der Waals surface area (Å²) in [7, 11) is -3.84. The van der Waals surface area contributed by atoms with Gasteiger partial charge in [0.25, 0.3) is 10.0 Å². The van der Waals surface area contributed by atoms with Crippen molar-refractivity contribution in [2.75, 3.05) is 4.31 Å². The maximum atomic E-state index is 13.0. The summed E-state index contributed by atoms with van der Waals surface area (Å²) >= 11 is 0. The molecule has 0 saturated heterocycles. The Labute approximate surface area is 135 Å². The number of anilines is 1. The van der Waals surface area contributed by atoms with Crippen LogP contribution in [0.3, 0.4) is 0 Å². The first kappa shape index (κ1) is 15.6. The van der Waals surface area contributed by atoms with Gasteiger partial charge >= 0.3 is 0 Å². The zero-order valence-corrected chi connectivity index (χ0v) is 13.4. The molecular formula is C17H16NO4S-. The first-order valence-electron chi connectivity index (χ1n) is 7.35. The molecule has 1 aliphatic rings. The molecule has 2 aromatic carbocycles. The molecule has 0 saturated carbocycles. The fourth-order valence-electron chi connectivity index (χ4n) is 2.92. The Morgan fingerprint density at radius 1 is 1.17 bits per heavy atom. The molecule has 3 rings (SSSR count). The van der Waals surface area contributed by atoms with Crippen LogP contribution in [-0.2, 0) is 16.4 Å². The van der Waals surface area contributed by atoms with Crippen molar-refractivity contribution in [1.29, 1.82) is 0 Å². The van der Waals surface area contributed by atoms with E-state index in [1.807, 2.05) is 19.1 Å². The molecular weight excluding hydrogens is 314 g/mol. The predicted molar refractivity (Wildman–Crippen MR) is 84.7 cm³/mol. The number of benzene rings is 2. The lowest BCUT2D eigenvalue weighted by atomic mass is 9.99. The second-order valence-electron chi connectivity index (χ2n) is 5.63. The summed E-state index contributed by atoms with van der Waals surface area (Å²) in [6, 6.07) is 12.5. The number of fused-ring (bicyclic) bond motifs is 1. The average Bonchev–Trinajstić information content (AvgIpc) is 2.54. The van der Waals surface area contributed by atoms with E-state index in [1.165, 1.54) is 22.5 Å². The molecule has 0 radical (unpaired) electrons. The molecule has 0 amide bonds. The Kier molecular flexibility index (Phi) is 3.85. The van der Waals surface area contributed by atoms with E-state index >= 15 is 0 Å². The lowest BCUT2D eigenvalue weighted by Crippen LogP contribution is -2.42. The summed E-state index contributed by atoms with van der Waals surface area (Å²) < 4.78 is 27.5. The minimum Gasteiger partial charge on any atom is -0.545 e. The van der Waals surface area contributed by atoms with Gasteiger partial charge in [-0.05, 0) is 49.1 Å². The van der Waals surface area contributed by atoms with Gasteiger partial charge in [-0.1, -0.05) is 30.3 Å². The lowest BCUT2D eigenvalue weighted by molar-refractivity contribution is -0.255. The monoisotopic (exact) mass is 330 g/mol. The minimum absolute atomic E-state index is 0.0391. The van der Waals surface area contributed by atoms with E-state index in [4.69, 9.17) is 0 Å². The van der Waals surface area contributed by atoms with E-state index < -0.39 is 16.0 Å². The van der Waals surface area contributed by atoms with Crippen molar-refractivity contribution in [3.63, 3.8) is 0 Å². The van der Waals surface area contributed by atoms with Crippen LogP contribution >= 0.6 is 0 Å². The van der Waals surface area contributed by atoms with Gasteiger partial charge in [0, 0.05) is 6.04 Å². The maximum absolute atomic E-state index is 13.0. The van der Waals surface area contributed by atoms with E-state index in [9.17, 15) is 18.3 Å². The smallest absolute Gasteiger partial charge is 0.264 e. The van der Waals surface area contributed by atoms with Crippen LogP contribution in [0.4, 0.5) is 5.69 Å². The van der Waals surface area contributed by atoms with Gasteiger partial charge in [-0.3, -0.25) is 4.31 Å². The van der Waals surface area contributed by atoms with Crippen LogP contribution in [0, 0.1) is 0 Å². The third-order valence-corrected chi connectivity index (χ3v) is 6.01. The van der Waals surface area contributed by atoms with Gasteiger partial charge in [0.05, 0.1) is 16.6 Å². The molecule has 2 aromatic rings. The molecule has 0 N–H and O–H groups in total. The predicted octanol–water partition coefficient (Wildman–Crippen LogP) is 1.58. The van der Waals surface area contributed by atoms with E-state index in [1.54, 1.807) is 12.1 Å². The van der Waals surface area contributed by atoms with E-state index in [2.05, 4.69) is 0 Å². The topological polar surface area (TPSA) is 77.5 Å². The maximum Gasteiger partial charge on any atom is 0.264 e. The molecule has 1 heterocycles. The third-order valence-electron chi connectivity index (χ3n) is 4.09. The van der Waals surface area contributed by atoms with Crippen molar-refractivity contribution < 1.29 is 18.3 Å². The first-order chi connectivity index (χ1) is 10.9. The van der Waals surface area contributed by atoms with E-state index in [0.717, 1.165) is 24.5 Å². The Bertz CT molecular complexity index is 860. The van der Waals surface area contributed by atoms with Crippen molar-refractivity contribution >= 4 is 21.7 Å². The van der Waals surface area contributed by atoms with Gasteiger partial charge in [-0.15, -0.1) is 0 Å². The summed E-state index contributed by atoms with van der Waals surface area (Å²) in [5.41, 5.74) is 1.49. The normalized spacial score (nSPS) is 17.6. The minimum atomic E-state index is -3.84. The molecule has 23 heavy (non-hydrogen) atoms. The van der Waals surface area contributed by atoms with Crippen LogP contribution in [0.5, 0.6) is 0 Å². The lowest BCUT2D eigenvalue weighted by Gasteiger charge is -2.36. The molecule has 0 unspecified atom stereocenters. The number of aromatic carboxylic acids is 1. The molecule has 6 heteroatoms. The number of hydrogen-bond donors (Lipinski definition) is 0. The van der Waals surface area contributed by atoms with Crippen molar-refractivity contribution in [2.45, 2.75) is 30.7 Å². The third kappa shape index (κ3) is 2.70. The Balaban J connectivity index is 2.13. The van der Waals surface area contributed by atoms with Crippen LogP contribution in [0.15, 0.2) is 53.4 Å². The Morgan fingerprint density at radius 3 is 2.65 bits per heavy atom. The molecule has 0 bridgehead atoms. The van der Waals surface area contributed by atoms with E-state index in [-0.39, 0.29) is 16.5 Å². The number of rotatable bonds is 3. The van der Waals surface area contributed by atoms with Crippen molar-refractivity contribution in [3.05, 3.63) is 59.7 Å². The van der Waals surface area contributed by atoms with Crippen LogP contribution < -0.4 is 9.41 Å². The van der Waals surface area contributed by atoms with E-state index in [0.29, 0.717) is 5.69 Å². The van der Waals surface area contributed by atoms with Crippen molar-refractivity contribution in [1.82, 2.24) is 0 Å². The number of aryl methyl sites for hydroxylation is 1. The van der Waals surface area contributed by atoms with Gasteiger partial charge in [-0.25, -0.2) is 8.42 Å². The second-order valence-corrected chi connectivity index (χ2v) is 7.45. The summed E-state index contributed by atoms with van der Waals surface area (Å²) in [6.45, 7) is 1.86. The number of para-hydroxylation sites is 1. The van der Waals surface area contributed by atoms with Gasteiger partial charge in [-0.2, -0.15) is 0 Å². The highest BCUT2D eigenvalue weighted by molar-refractivity contribution is 7.92. The summed E-state index contributed by atoms with van der Waals surface area (Å²) in [5, 5.41) is 11.0. The summed E-state index contributed by atoms with van der Waals surface area (Å²) in [5.74, 6) is -1.39. The van der Waals surface area contributed by atoms with Crippen molar-refractivity contribution in [3.8, 4) is 0 Å². The van der Waals surface area contributed by atoms with Crippen LogP contribution in [0.25, 0.3) is 0 Å². The molecule has 0 spiro atoms. The largest absolute Gasteiger partial charge is 0.545 e. The fraction of sp³-hybridized carbons (Fsp3) is 0.235. The highest BCUT2D eigenvalue weighted by Gasteiger charge is 2.33. The number of carbonyl (C=O) groups excluding carboxylic acids is 1. The van der Waals surface area contributed by atoms with Gasteiger partial charge in [0.1, 0.15) is 0 Å². The second kappa shape index (κ2) is 5.70. The number of sulfonamides is 1. The molecule has 0 aliphatic carbocycles. The first-order valence-corrected chi connectivity index (χ1v) is 8.79. The summed E-state index contributed by atoms with van der Waals surface area (Å²) in [6.07, 6.45) is 1.54. The van der Waals surface area contributed by atoms with Crippen LogP contribution in [0.1, 0.15) is 29.3 Å². The Hall–Kier alpha value is -2.34. The number of carboxylic acid groups (broad SMARTS) is 1. The number of carbonyl (C=O) groups is 1. The zero-order chi connectivity index (χ0) is 16.6. The van der Waals surface area contributed by atoms with Crippen LogP contribution in [-0.4, -0.2) is 20.4 Å². The quantitative estimate of drug-likeness (QED) is 0.856. The molecule has 1 atom stereocenters. The standard InChI is InChI=1S/C17H17NO4S/c1-12-9-10-13-5-2-3-8-16(13)18(12)23(21,22)15-7-4-6-14(11-15)17(19)20/h2-8,11-12H,9-10H2,1H3,(H,19,20)/p-1/t12-/m0/s1. The zero-order valence-electron chi connectivity index (χ0n) is 12.6. The van der Waals surface area contributed by atoms with Gasteiger partial charge in [0.2, 0.25) is 0 Å². The average molecular weight is 330 g/mol. The molecule has 0 aromatic heterocycles. The van der Waals surface area contributed by atoms with Crippen molar-refractivity contribution in [2.24, 2.45) is 0 Å². The highest BCUT2D eigenvalue weighted by Crippen LogP contribution is 2.35. The number of carboxylic acids is 1. The summed E-state index contributed by atoms with van der Waals surface area (Å²) in [4.78, 5) is 11.0. The number of nitrogens with zero attached hydrogens (tertiary/aromatic N) is 1. The highest BCUT2D eigenvalue weighted by atomic mass is 32.2. The number of hydrogen-bond acceptors (Lipinski definition) is 4. The van der Waals surface area contributed by atoms with Crippen LogP contribution in [0.2, 0.25) is 0 Å². The molecule has 0 fully saturated rings. The fourth-order valence-corrected chi connectivity index (χ4v) is 4.69. The molecule has 5 nitrogen and oxygen atoms in total. The Morgan fingerprint density at radius 2 is 1.91 bits per heavy atom. The van der Waals surface area contributed by atoms with Gasteiger partial charge < -0.3 is 9.90 Å². The molecule has 120 valence electrons.